The molecular formula is C17H18N2O6S. The zero-order valence-electron chi connectivity index (χ0n) is 14.7. The molecule has 26 heavy (non-hydrogen) atoms. The highest BCUT2D eigenvalue weighted by atomic mass is 32.2. The molecule has 1 aromatic carbocycles. The van der Waals surface area contributed by atoms with Crippen molar-refractivity contribution in [3.05, 3.63) is 43.6 Å². The van der Waals surface area contributed by atoms with Crippen molar-refractivity contribution in [2.24, 2.45) is 5.92 Å². The fourth-order valence-corrected chi connectivity index (χ4v) is 3.28. The van der Waals surface area contributed by atoms with Crippen LogP contribution in [-0.4, -0.2) is 35.0 Å². The van der Waals surface area contributed by atoms with E-state index in [-0.39, 0.29) is 39.4 Å². The Hall–Kier alpha value is -2.68. The van der Waals surface area contributed by atoms with Gasteiger partial charge in [0, 0.05) is 12.5 Å². The van der Waals surface area contributed by atoms with Gasteiger partial charge in [-0.3, -0.25) is 19.7 Å². The molecule has 0 bridgehead atoms. The van der Waals surface area contributed by atoms with Crippen molar-refractivity contribution in [2.45, 2.75) is 25.3 Å². The van der Waals surface area contributed by atoms with E-state index >= 15 is 0 Å². The maximum Gasteiger partial charge on any atom is 0.340 e. The van der Waals surface area contributed by atoms with E-state index < -0.39 is 27.8 Å². The van der Waals surface area contributed by atoms with Crippen LogP contribution < -0.4 is 5.43 Å². The summed E-state index contributed by atoms with van der Waals surface area (Å²) in [5.41, 5.74) is -1.37. The van der Waals surface area contributed by atoms with Crippen LogP contribution in [0.3, 0.4) is 0 Å². The number of nitrogens with zero attached hydrogens (tertiary/aromatic N) is 1. The number of thioether (sulfide) groups is 1. The van der Waals surface area contributed by atoms with E-state index in [0.29, 0.717) is 0 Å². The van der Waals surface area contributed by atoms with Crippen molar-refractivity contribution in [1.29, 1.82) is 0 Å². The molecule has 9 heteroatoms. The number of nitrogens with one attached hydrogen (secondary N) is 1. The number of hydrogen-bond acceptors (Lipinski definition) is 7. The van der Waals surface area contributed by atoms with E-state index in [0.717, 1.165) is 17.8 Å². The predicted molar refractivity (Wildman–Crippen MR) is 98.1 cm³/mol. The molecule has 0 saturated carbocycles. The summed E-state index contributed by atoms with van der Waals surface area (Å²) in [5, 5.41) is 11.3. The van der Waals surface area contributed by atoms with Gasteiger partial charge < -0.3 is 9.72 Å². The summed E-state index contributed by atoms with van der Waals surface area (Å²) >= 11 is 1.12. The van der Waals surface area contributed by atoms with Crippen LogP contribution in [0.15, 0.2) is 22.0 Å². The average Bonchev–Trinajstić information content (AvgIpc) is 2.58. The first kappa shape index (κ1) is 19.6. The molecule has 0 unspecified atom stereocenters. The Labute approximate surface area is 153 Å². The summed E-state index contributed by atoms with van der Waals surface area (Å²) in [6, 6.07) is 2.29. The van der Waals surface area contributed by atoms with Crippen LogP contribution in [0.5, 0.6) is 0 Å². The second kappa shape index (κ2) is 7.69. The van der Waals surface area contributed by atoms with Gasteiger partial charge in [0.2, 0.25) is 5.43 Å². The number of nitro groups is 1. The van der Waals surface area contributed by atoms with Gasteiger partial charge in [0.1, 0.15) is 5.39 Å². The average molecular weight is 378 g/mol. The second-order valence-electron chi connectivity index (χ2n) is 6.01. The number of esters is 1. The second-order valence-corrected chi connectivity index (χ2v) is 6.83. The molecule has 8 nitrogen and oxygen atoms in total. The van der Waals surface area contributed by atoms with Crippen LogP contribution in [0, 0.1) is 16.0 Å². The summed E-state index contributed by atoms with van der Waals surface area (Å²) in [5.74, 6) is -1.12. The Morgan fingerprint density at radius 3 is 2.50 bits per heavy atom. The number of methoxy groups -OCH3 is 1. The van der Waals surface area contributed by atoms with E-state index in [4.69, 9.17) is 0 Å². The van der Waals surface area contributed by atoms with E-state index in [1.807, 2.05) is 13.8 Å². The molecule has 0 saturated heterocycles. The normalized spacial score (nSPS) is 11.0. The zero-order valence-corrected chi connectivity index (χ0v) is 15.6. The maximum absolute atomic E-state index is 13.0. The summed E-state index contributed by atoms with van der Waals surface area (Å²) in [4.78, 5) is 51.1. The first-order valence-corrected chi connectivity index (χ1v) is 8.98. The number of fused-ring (bicyclic) bond motifs is 1. The minimum atomic E-state index is -0.758. The van der Waals surface area contributed by atoms with Crippen LogP contribution in [0.4, 0.5) is 5.69 Å². The van der Waals surface area contributed by atoms with E-state index in [2.05, 4.69) is 9.72 Å². The molecule has 0 fully saturated rings. The van der Waals surface area contributed by atoms with Gasteiger partial charge in [-0.05, 0) is 18.2 Å². The van der Waals surface area contributed by atoms with Crippen LogP contribution in [-0.2, 0) is 4.74 Å². The number of pyridine rings is 1. The first-order valence-electron chi connectivity index (χ1n) is 7.75. The van der Waals surface area contributed by atoms with E-state index in [1.165, 1.54) is 13.2 Å². The molecule has 0 aliphatic carbocycles. The Kier molecular flexibility index (Phi) is 5.81. The Morgan fingerprint density at radius 2 is 2.00 bits per heavy atom. The van der Waals surface area contributed by atoms with Gasteiger partial charge in [-0.2, -0.15) is 0 Å². The number of aromatic amines is 1. The SMILES string of the molecule is COC(=O)c1ccc([N+](=O)[O-])c2c(=O)c(C(=O)CC(C)C)c(SC)[nH]c12. The highest BCUT2D eigenvalue weighted by Gasteiger charge is 2.27. The number of rotatable bonds is 6. The predicted octanol–water partition coefficient (Wildman–Crippen LogP) is 3.17. The third-order valence-electron chi connectivity index (χ3n) is 3.78. The summed E-state index contributed by atoms with van der Waals surface area (Å²) in [6.07, 6.45) is 1.80. The van der Waals surface area contributed by atoms with Gasteiger partial charge in [0.05, 0.1) is 33.7 Å². The Bertz CT molecular complexity index is 964. The van der Waals surface area contributed by atoms with Gasteiger partial charge in [0.15, 0.2) is 5.78 Å². The number of Topliss-reactive ketones (excluding diaryl/α,β-unsaturated/α-hetero) is 1. The number of aromatic nitrogens is 1. The monoisotopic (exact) mass is 378 g/mol. The molecule has 2 rings (SSSR count). The van der Waals surface area contributed by atoms with Crippen LogP contribution >= 0.6 is 11.8 Å². The largest absolute Gasteiger partial charge is 0.465 e. The number of nitro benzene ring substituents is 1. The minimum absolute atomic E-state index is 0.0108. The summed E-state index contributed by atoms with van der Waals surface area (Å²) < 4.78 is 4.68. The standard InChI is InChI=1S/C17H18N2O6S/c1-8(2)7-11(20)13-15(21)12-10(19(23)24)6-5-9(17(22)25-3)14(12)18-16(13)26-4/h5-6,8H,7H2,1-4H3,(H,18,21). The van der Waals surface area contributed by atoms with Crippen LogP contribution in [0.2, 0.25) is 0 Å². The molecule has 1 heterocycles. The van der Waals surface area contributed by atoms with Gasteiger partial charge in [-0.1, -0.05) is 13.8 Å². The fourth-order valence-electron chi connectivity index (χ4n) is 2.67. The lowest BCUT2D eigenvalue weighted by Gasteiger charge is -2.12. The van der Waals surface area contributed by atoms with Crippen LogP contribution in [0.1, 0.15) is 41.0 Å². The number of ketones is 1. The molecule has 138 valence electrons. The third-order valence-corrected chi connectivity index (χ3v) is 4.50. The van der Waals surface area contributed by atoms with Crippen molar-refractivity contribution < 1.29 is 19.2 Å². The van der Waals surface area contributed by atoms with Crippen molar-refractivity contribution in [2.75, 3.05) is 13.4 Å². The lowest BCUT2D eigenvalue weighted by molar-refractivity contribution is -0.383. The molecule has 0 aliphatic rings. The molecule has 1 N–H and O–H groups in total. The quantitative estimate of drug-likeness (QED) is 0.269. The molecule has 2 aromatic rings. The lowest BCUT2D eigenvalue weighted by atomic mass is 9.99. The topological polar surface area (TPSA) is 119 Å². The van der Waals surface area contributed by atoms with E-state index in [1.54, 1.807) is 6.26 Å². The number of carbonyl (C=O) groups excluding carboxylic acids is 2. The summed E-state index contributed by atoms with van der Waals surface area (Å²) in [6.45, 7) is 3.67. The van der Waals surface area contributed by atoms with Gasteiger partial charge in [0.25, 0.3) is 5.69 Å². The zero-order chi connectivity index (χ0) is 19.6. The van der Waals surface area contributed by atoms with E-state index in [9.17, 15) is 24.5 Å². The minimum Gasteiger partial charge on any atom is -0.465 e. The number of ether oxygens (including phenoxy) is 1. The molecule has 0 amide bonds. The highest BCUT2D eigenvalue weighted by Crippen LogP contribution is 2.29. The van der Waals surface area contributed by atoms with Crippen LogP contribution in [0.25, 0.3) is 10.9 Å². The maximum atomic E-state index is 13.0. The molecular weight excluding hydrogens is 360 g/mol. The lowest BCUT2D eigenvalue weighted by Crippen LogP contribution is -2.21. The van der Waals surface area contributed by atoms with Gasteiger partial charge in [-0.15, -0.1) is 11.8 Å². The molecule has 0 spiro atoms. The number of carbonyl (C=O) groups is 2. The molecule has 0 aliphatic heterocycles. The third kappa shape index (κ3) is 3.48. The first-order chi connectivity index (χ1) is 12.2. The smallest absolute Gasteiger partial charge is 0.340 e. The Morgan fingerprint density at radius 1 is 1.35 bits per heavy atom. The fraction of sp³-hybridized carbons (Fsp3) is 0.353. The summed E-state index contributed by atoms with van der Waals surface area (Å²) in [7, 11) is 1.17. The van der Waals surface area contributed by atoms with Crippen molar-refractivity contribution in [3.8, 4) is 0 Å². The number of benzene rings is 1. The van der Waals surface area contributed by atoms with Crippen molar-refractivity contribution in [1.82, 2.24) is 4.98 Å². The van der Waals surface area contributed by atoms with Gasteiger partial charge >= 0.3 is 5.97 Å². The molecule has 1 aromatic heterocycles. The molecule has 0 atom stereocenters. The Balaban J connectivity index is 2.97. The highest BCUT2D eigenvalue weighted by molar-refractivity contribution is 7.98. The number of hydrogen-bond donors (Lipinski definition) is 1. The number of H-pyrrole nitrogens is 1. The van der Waals surface area contributed by atoms with Crippen molar-refractivity contribution >= 4 is 40.1 Å². The van der Waals surface area contributed by atoms with Crippen molar-refractivity contribution in [3.63, 3.8) is 0 Å². The molecule has 0 radical (unpaired) electrons. The number of non-ortho nitro benzene ring substituents is 1. The van der Waals surface area contributed by atoms with Gasteiger partial charge in [-0.25, -0.2) is 4.79 Å².